The van der Waals surface area contributed by atoms with Gasteiger partial charge in [-0.3, -0.25) is 4.68 Å². The standard InChI is InChI=1S/C32H42N8O6/c1-31(2,3)45-29(41)39(30(42)46-32(4,5)6)26-16-23(36-40(26)27-10-8-9-13-44-27)24-19-38-25(11-12-33-38)28(35-24)20-17-34-37(18-20)21-14-22(15-21)43-7/h11-12,16-19,21-22,27H,8-10,13-15H2,1-7H3. The minimum absolute atomic E-state index is 0.153. The van der Waals surface area contributed by atoms with Crippen molar-refractivity contribution in [1.82, 2.24) is 34.2 Å². The summed E-state index contributed by atoms with van der Waals surface area (Å²) >= 11 is 0. The van der Waals surface area contributed by atoms with E-state index in [1.54, 1.807) is 82.5 Å². The maximum atomic E-state index is 13.6. The van der Waals surface area contributed by atoms with E-state index in [1.807, 2.05) is 16.9 Å². The molecule has 1 atom stereocenters. The minimum Gasteiger partial charge on any atom is -0.443 e. The lowest BCUT2D eigenvalue weighted by Crippen LogP contribution is -2.45. The van der Waals surface area contributed by atoms with Crippen molar-refractivity contribution in [1.29, 1.82) is 0 Å². The predicted molar refractivity (Wildman–Crippen MR) is 168 cm³/mol. The van der Waals surface area contributed by atoms with E-state index in [0.29, 0.717) is 30.1 Å². The first-order valence-electron chi connectivity index (χ1n) is 15.7. The number of nitrogens with zero attached hydrogens (tertiary/aromatic N) is 8. The molecule has 5 heterocycles. The number of methoxy groups -OCH3 is 1. The van der Waals surface area contributed by atoms with Crippen molar-refractivity contribution in [3.05, 3.63) is 36.9 Å². The Bertz CT molecular complexity index is 1690. The molecular formula is C32H42N8O6. The molecule has 0 aromatic carbocycles. The number of imide groups is 1. The smallest absolute Gasteiger partial charge is 0.425 e. The summed E-state index contributed by atoms with van der Waals surface area (Å²) in [7, 11) is 1.73. The lowest BCUT2D eigenvalue weighted by atomic mass is 9.89. The summed E-state index contributed by atoms with van der Waals surface area (Å²) in [5, 5.41) is 14.0. The Morgan fingerprint density at radius 1 is 0.978 bits per heavy atom. The van der Waals surface area contributed by atoms with Crippen molar-refractivity contribution < 1.29 is 28.5 Å². The molecule has 1 saturated heterocycles. The fourth-order valence-corrected chi connectivity index (χ4v) is 5.55. The first-order chi connectivity index (χ1) is 21.8. The molecule has 0 bridgehead atoms. The Morgan fingerprint density at radius 2 is 1.70 bits per heavy atom. The number of ether oxygens (including phenoxy) is 4. The van der Waals surface area contributed by atoms with Gasteiger partial charge in [-0.1, -0.05) is 0 Å². The van der Waals surface area contributed by atoms with Crippen LogP contribution in [0.1, 0.15) is 85.9 Å². The molecule has 2 fully saturated rings. The molecule has 6 rings (SSSR count). The zero-order chi connectivity index (χ0) is 32.8. The molecule has 0 N–H and O–H groups in total. The summed E-state index contributed by atoms with van der Waals surface area (Å²) in [5.74, 6) is 0.153. The first kappa shape index (κ1) is 31.7. The number of aromatic nitrogens is 7. The molecular weight excluding hydrogens is 592 g/mol. The van der Waals surface area contributed by atoms with E-state index in [9.17, 15) is 9.59 Å². The number of hydrogen-bond acceptors (Lipinski definition) is 10. The number of carbonyl (C=O) groups is 2. The van der Waals surface area contributed by atoms with Gasteiger partial charge in [0.2, 0.25) is 0 Å². The van der Waals surface area contributed by atoms with Crippen LogP contribution in [0, 0.1) is 0 Å². The number of carbonyl (C=O) groups excluding carboxylic acids is 2. The van der Waals surface area contributed by atoms with Gasteiger partial charge in [0.05, 0.1) is 41.9 Å². The van der Waals surface area contributed by atoms with Gasteiger partial charge in [0, 0.05) is 31.5 Å². The van der Waals surface area contributed by atoms with Crippen LogP contribution in [-0.4, -0.2) is 77.4 Å². The third-order valence-corrected chi connectivity index (χ3v) is 7.83. The van der Waals surface area contributed by atoms with Crippen molar-refractivity contribution >= 4 is 23.5 Å². The summed E-state index contributed by atoms with van der Waals surface area (Å²) < 4.78 is 28.1. The normalized spacial score (nSPS) is 20.4. The van der Waals surface area contributed by atoms with Gasteiger partial charge in [0.15, 0.2) is 12.0 Å². The van der Waals surface area contributed by atoms with Crippen LogP contribution in [0.4, 0.5) is 15.4 Å². The van der Waals surface area contributed by atoms with Crippen LogP contribution in [0.25, 0.3) is 28.2 Å². The van der Waals surface area contributed by atoms with Crippen LogP contribution in [0.15, 0.2) is 36.9 Å². The number of fused-ring (bicyclic) bond motifs is 1. The first-order valence-corrected chi connectivity index (χ1v) is 15.7. The van der Waals surface area contributed by atoms with Crippen LogP contribution < -0.4 is 4.90 Å². The molecule has 1 unspecified atom stereocenters. The van der Waals surface area contributed by atoms with Gasteiger partial charge in [-0.05, 0) is 79.7 Å². The summed E-state index contributed by atoms with van der Waals surface area (Å²) in [5.41, 5.74) is 1.44. The Kier molecular flexibility index (Phi) is 8.36. The molecule has 1 saturated carbocycles. The molecule has 1 aliphatic carbocycles. The van der Waals surface area contributed by atoms with E-state index < -0.39 is 29.6 Å². The van der Waals surface area contributed by atoms with Crippen LogP contribution in [0.3, 0.4) is 0 Å². The lowest BCUT2D eigenvalue weighted by Gasteiger charge is -2.34. The number of rotatable bonds is 6. The Morgan fingerprint density at radius 3 is 2.33 bits per heavy atom. The number of hydrogen-bond donors (Lipinski definition) is 0. The van der Waals surface area contributed by atoms with E-state index in [1.165, 1.54) is 0 Å². The molecule has 4 aromatic rings. The fourth-order valence-electron chi connectivity index (χ4n) is 5.55. The Hall–Kier alpha value is -4.30. The molecule has 0 spiro atoms. The molecule has 2 amide bonds. The average Bonchev–Trinajstić information content (AvgIpc) is 3.71. The highest BCUT2D eigenvalue weighted by Crippen LogP contribution is 2.36. The molecule has 14 heteroatoms. The highest BCUT2D eigenvalue weighted by atomic mass is 16.6. The molecule has 14 nitrogen and oxygen atoms in total. The maximum Gasteiger partial charge on any atom is 0.425 e. The monoisotopic (exact) mass is 634 g/mol. The zero-order valence-corrected chi connectivity index (χ0v) is 27.5. The second kappa shape index (κ2) is 12.1. The van der Waals surface area contributed by atoms with Crippen LogP contribution in [0.5, 0.6) is 0 Å². The molecule has 2 aliphatic rings. The van der Waals surface area contributed by atoms with E-state index in [0.717, 1.165) is 41.7 Å². The second-order valence-corrected chi connectivity index (χ2v) is 13.8. The Labute approximate surface area is 267 Å². The van der Waals surface area contributed by atoms with Gasteiger partial charge < -0.3 is 18.9 Å². The van der Waals surface area contributed by atoms with E-state index in [4.69, 9.17) is 29.0 Å². The maximum absolute atomic E-state index is 13.6. The summed E-state index contributed by atoms with van der Waals surface area (Å²) in [4.78, 5) is 33.2. The minimum atomic E-state index is -0.888. The van der Waals surface area contributed by atoms with Crippen molar-refractivity contribution in [2.75, 3.05) is 18.6 Å². The number of amides is 2. The predicted octanol–water partition coefficient (Wildman–Crippen LogP) is 6.18. The largest absolute Gasteiger partial charge is 0.443 e. The van der Waals surface area contributed by atoms with Crippen LogP contribution in [0.2, 0.25) is 0 Å². The summed E-state index contributed by atoms with van der Waals surface area (Å²) in [6.07, 6.45) is 9.47. The second-order valence-electron chi connectivity index (χ2n) is 13.8. The molecule has 4 aromatic heterocycles. The van der Waals surface area contributed by atoms with Crippen molar-refractivity contribution in [3.8, 4) is 22.6 Å². The van der Waals surface area contributed by atoms with E-state index in [2.05, 4.69) is 10.2 Å². The topological polar surface area (TPSA) is 140 Å². The highest BCUT2D eigenvalue weighted by Gasteiger charge is 2.37. The van der Waals surface area contributed by atoms with E-state index >= 15 is 0 Å². The van der Waals surface area contributed by atoms with Gasteiger partial charge in [0.1, 0.15) is 22.6 Å². The van der Waals surface area contributed by atoms with Gasteiger partial charge in [-0.2, -0.15) is 20.2 Å². The van der Waals surface area contributed by atoms with Crippen LogP contribution in [-0.2, 0) is 18.9 Å². The van der Waals surface area contributed by atoms with Gasteiger partial charge in [-0.15, -0.1) is 0 Å². The van der Waals surface area contributed by atoms with Gasteiger partial charge in [0.25, 0.3) is 0 Å². The Balaban J connectivity index is 1.44. The van der Waals surface area contributed by atoms with Crippen LogP contribution >= 0.6 is 0 Å². The molecule has 246 valence electrons. The van der Waals surface area contributed by atoms with Crippen molar-refractivity contribution in [2.45, 2.75) is 103 Å². The quantitative estimate of drug-likeness (QED) is 0.241. The average molecular weight is 635 g/mol. The third kappa shape index (κ3) is 6.63. The lowest BCUT2D eigenvalue weighted by molar-refractivity contribution is -0.0385. The SMILES string of the molecule is COC1CC(n2cc(-c3nc(-c4cc(N(C(=O)OC(C)(C)C)C(=O)OC(C)(C)C)n(C5CCCCO5)n4)cn4nccc34)cn2)C1. The van der Waals surface area contributed by atoms with Gasteiger partial charge in [-0.25, -0.2) is 23.8 Å². The van der Waals surface area contributed by atoms with E-state index in [-0.39, 0.29) is 18.0 Å². The molecule has 0 radical (unpaired) electrons. The fraction of sp³-hybridized carbons (Fsp3) is 0.562. The van der Waals surface area contributed by atoms with Crippen molar-refractivity contribution in [3.63, 3.8) is 0 Å². The summed E-state index contributed by atoms with van der Waals surface area (Å²) in [6, 6.07) is 3.79. The van der Waals surface area contributed by atoms with Gasteiger partial charge >= 0.3 is 12.2 Å². The highest BCUT2D eigenvalue weighted by molar-refractivity contribution is 6.09. The van der Waals surface area contributed by atoms with Crippen molar-refractivity contribution in [2.24, 2.45) is 0 Å². The third-order valence-electron chi connectivity index (χ3n) is 7.83. The number of anilines is 1. The zero-order valence-electron chi connectivity index (χ0n) is 27.5. The molecule has 46 heavy (non-hydrogen) atoms. The summed E-state index contributed by atoms with van der Waals surface area (Å²) in [6.45, 7) is 10.9. The molecule has 1 aliphatic heterocycles.